The number of sulfone groups is 1. The van der Waals surface area contributed by atoms with Crippen LogP contribution in [0.15, 0.2) is 77.7 Å². The maximum atomic E-state index is 13.3. The quantitative estimate of drug-likeness (QED) is 0.259. The van der Waals surface area contributed by atoms with Crippen LogP contribution in [0.4, 0.5) is 31.5 Å². The monoisotopic (exact) mass is 540 g/mol. The van der Waals surface area contributed by atoms with Crippen molar-refractivity contribution in [2.75, 3.05) is 29.3 Å². The lowest BCUT2D eigenvalue weighted by Gasteiger charge is -2.07. The minimum absolute atomic E-state index is 0.00203. The topological polar surface area (TPSA) is 126 Å². The van der Waals surface area contributed by atoms with Crippen LogP contribution in [0.2, 0.25) is 0 Å². The first-order valence-corrected chi connectivity index (χ1v) is 13.4. The highest BCUT2D eigenvalue weighted by molar-refractivity contribution is 7.90. The van der Waals surface area contributed by atoms with Gasteiger partial charge in [0.05, 0.1) is 12.0 Å². The number of aromatic nitrogens is 1. The van der Waals surface area contributed by atoms with Crippen molar-refractivity contribution in [2.24, 2.45) is 0 Å². The Balaban J connectivity index is 1.62. The van der Waals surface area contributed by atoms with Gasteiger partial charge in [-0.2, -0.15) is 0 Å². The van der Waals surface area contributed by atoms with E-state index in [4.69, 9.17) is 4.74 Å². The first-order chi connectivity index (χ1) is 17.6. The van der Waals surface area contributed by atoms with Gasteiger partial charge in [-0.1, -0.05) is 11.3 Å². The first kappa shape index (κ1) is 25.8. The zero-order chi connectivity index (χ0) is 26.6. The summed E-state index contributed by atoms with van der Waals surface area (Å²) in [7, 11) is -1.88. The average molecular weight is 541 g/mol. The number of methoxy groups -OCH3 is 1. The zero-order valence-electron chi connectivity index (χ0n) is 19.6. The Kier molecular flexibility index (Phi) is 7.50. The maximum absolute atomic E-state index is 13.3. The summed E-state index contributed by atoms with van der Waals surface area (Å²) >= 11 is 1.01. The van der Waals surface area contributed by atoms with Gasteiger partial charge in [0.2, 0.25) is 5.78 Å². The number of carbonyl (C=O) groups is 2. The molecule has 4 rings (SSSR count). The minimum atomic E-state index is -3.43. The summed E-state index contributed by atoms with van der Waals surface area (Å²) in [4.78, 5) is 30.5. The number of nitrogens with one attached hydrogen (secondary N) is 3. The smallest absolute Gasteiger partial charge is 0.324 e. The number of rotatable bonds is 8. The molecular weight excluding hydrogens is 519 g/mol. The highest BCUT2D eigenvalue weighted by Gasteiger charge is 2.22. The summed E-state index contributed by atoms with van der Waals surface area (Å²) in [5.74, 6) is -0.248. The molecule has 190 valence electrons. The van der Waals surface area contributed by atoms with Gasteiger partial charge in [0.15, 0.2) is 20.8 Å². The molecule has 0 aliphatic carbocycles. The summed E-state index contributed by atoms with van der Waals surface area (Å²) in [6.07, 6.45) is 1.08. The van der Waals surface area contributed by atoms with E-state index in [0.717, 1.165) is 17.6 Å². The van der Waals surface area contributed by atoms with E-state index in [1.165, 1.54) is 48.5 Å². The van der Waals surface area contributed by atoms with Crippen LogP contribution in [-0.2, 0) is 9.84 Å². The van der Waals surface area contributed by atoms with Gasteiger partial charge in [-0.25, -0.2) is 22.6 Å². The molecule has 0 saturated carbocycles. The Bertz CT molecular complexity index is 1540. The van der Waals surface area contributed by atoms with Crippen LogP contribution in [0.25, 0.3) is 0 Å². The minimum Gasteiger partial charge on any atom is -0.497 e. The SMILES string of the molecule is COc1ccc(Nc2nc(NC(=O)Nc3ccc(F)cc3)c(C(=O)c3ccc(S(C)(=O)=O)cc3)s2)cc1. The number of hydrogen-bond donors (Lipinski definition) is 3. The van der Waals surface area contributed by atoms with Crippen molar-refractivity contribution < 1.29 is 27.1 Å². The number of carbonyl (C=O) groups excluding carboxylic acids is 2. The Morgan fingerprint density at radius 3 is 2.11 bits per heavy atom. The highest BCUT2D eigenvalue weighted by atomic mass is 32.2. The van der Waals surface area contributed by atoms with Crippen molar-refractivity contribution in [3.8, 4) is 5.75 Å². The number of anilines is 4. The summed E-state index contributed by atoms with van der Waals surface area (Å²) < 4.78 is 41.8. The number of nitrogens with zero attached hydrogens (tertiary/aromatic N) is 1. The number of ether oxygens (including phenoxy) is 1. The number of benzene rings is 3. The van der Waals surface area contributed by atoms with Crippen molar-refractivity contribution in [1.82, 2.24) is 4.98 Å². The largest absolute Gasteiger partial charge is 0.497 e. The van der Waals surface area contributed by atoms with Gasteiger partial charge >= 0.3 is 6.03 Å². The van der Waals surface area contributed by atoms with Crippen molar-refractivity contribution in [3.05, 3.63) is 89.1 Å². The third-order valence-electron chi connectivity index (χ3n) is 5.05. The van der Waals surface area contributed by atoms with Crippen molar-refractivity contribution in [2.45, 2.75) is 4.90 Å². The van der Waals surface area contributed by atoms with E-state index in [-0.39, 0.29) is 21.2 Å². The van der Waals surface area contributed by atoms with E-state index in [1.807, 2.05) is 0 Å². The molecule has 0 radical (unpaired) electrons. The predicted molar refractivity (Wildman–Crippen MR) is 140 cm³/mol. The van der Waals surface area contributed by atoms with Gasteiger partial charge in [0.25, 0.3) is 0 Å². The highest BCUT2D eigenvalue weighted by Crippen LogP contribution is 2.32. The van der Waals surface area contributed by atoms with Crippen molar-refractivity contribution in [1.29, 1.82) is 0 Å². The number of amides is 2. The fraction of sp³-hybridized carbons (Fsp3) is 0.0800. The zero-order valence-corrected chi connectivity index (χ0v) is 21.2. The standard InChI is InChI=1S/C25H21FN4O5S2/c1-35-19-11-9-18(10-12-19)28-25-30-23(29-24(32)27-17-7-5-16(26)6-8-17)22(36-25)21(31)15-3-13-20(14-4-15)37(2,33)34/h3-14H,1-2H3,(H,28,30)(H2,27,29,32). The second-order valence-electron chi connectivity index (χ2n) is 7.76. The second kappa shape index (κ2) is 10.8. The van der Waals surface area contributed by atoms with Crippen LogP contribution < -0.4 is 20.7 Å². The molecule has 3 aromatic carbocycles. The molecule has 0 bridgehead atoms. The Morgan fingerprint density at radius 1 is 0.892 bits per heavy atom. The molecule has 9 nitrogen and oxygen atoms in total. The normalized spacial score (nSPS) is 11.0. The lowest BCUT2D eigenvalue weighted by molar-refractivity contribution is 0.104. The van der Waals surface area contributed by atoms with Gasteiger partial charge in [-0.05, 0) is 72.8 Å². The molecular formula is C25H21FN4O5S2. The Morgan fingerprint density at radius 2 is 1.51 bits per heavy atom. The van der Waals surface area contributed by atoms with Crippen LogP contribution in [0.1, 0.15) is 15.2 Å². The molecule has 0 spiro atoms. The van der Waals surface area contributed by atoms with E-state index < -0.39 is 27.5 Å². The molecule has 4 aromatic rings. The van der Waals surface area contributed by atoms with Gasteiger partial charge in [0.1, 0.15) is 16.4 Å². The summed E-state index contributed by atoms with van der Waals surface area (Å²) in [6, 6.07) is 17.0. The Labute approximate surface area is 216 Å². The average Bonchev–Trinajstić information content (AvgIpc) is 3.26. The van der Waals surface area contributed by atoms with Crippen LogP contribution >= 0.6 is 11.3 Å². The molecule has 0 atom stereocenters. The fourth-order valence-electron chi connectivity index (χ4n) is 3.20. The first-order valence-electron chi connectivity index (χ1n) is 10.7. The molecule has 37 heavy (non-hydrogen) atoms. The lowest BCUT2D eigenvalue weighted by Crippen LogP contribution is -2.21. The van der Waals surface area contributed by atoms with Crippen LogP contribution in [0.5, 0.6) is 5.75 Å². The van der Waals surface area contributed by atoms with Crippen LogP contribution in [-0.4, -0.2) is 38.6 Å². The van der Waals surface area contributed by atoms with Gasteiger partial charge < -0.3 is 15.4 Å². The molecule has 0 fully saturated rings. The lowest BCUT2D eigenvalue weighted by atomic mass is 10.1. The molecule has 0 aliphatic rings. The summed E-state index contributed by atoms with van der Waals surface area (Å²) in [5.41, 5.74) is 1.23. The van der Waals surface area contributed by atoms with Crippen molar-refractivity contribution in [3.63, 3.8) is 0 Å². The maximum Gasteiger partial charge on any atom is 0.324 e. The molecule has 0 saturated heterocycles. The number of ketones is 1. The van der Waals surface area contributed by atoms with Gasteiger partial charge in [-0.15, -0.1) is 0 Å². The van der Waals surface area contributed by atoms with Crippen LogP contribution in [0.3, 0.4) is 0 Å². The third-order valence-corrected chi connectivity index (χ3v) is 7.15. The number of urea groups is 1. The molecule has 3 N–H and O–H groups in total. The molecule has 0 aliphatic heterocycles. The second-order valence-corrected chi connectivity index (χ2v) is 10.8. The number of hydrogen-bond acceptors (Lipinski definition) is 8. The van der Waals surface area contributed by atoms with E-state index in [9.17, 15) is 22.4 Å². The predicted octanol–water partition coefficient (Wildman–Crippen LogP) is 5.31. The molecule has 2 amide bonds. The molecule has 12 heteroatoms. The Hall–Kier alpha value is -4.29. The van der Waals surface area contributed by atoms with E-state index in [2.05, 4.69) is 20.9 Å². The van der Waals surface area contributed by atoms with Gasteiger partial charge in [-0.3, -0.25) is 10.1 Å². The molecule has 1 aromatic heterocycles. The molecule has 1 heterocycles. The van der Waals surface area contributed by atoms with E-state index in [1.54, 1.807) is 31.4 Å². The summed E-state index contributed by atoms with van der Waals surface area (Å²) in [6.45, 7) is 0. The molecule has 0 unspecified atom stereocenters. The summed E-state index contributed by atoms with van der Waals surface area (Å²) in [5, 5.41) is 8.54. The van der Waals surface area contributed by atoms with E-state index >= 15 is 0 Å². The van der Waals surface area contributed by atoms with Crippen molar-refractivity contribution >= 4 is 55.3 Å². The van der Waals surface area contributed by atoms with Crippen LogP contribution in [0, 0.1) is 5.82 Å². The fourth-order valence-corrected chi connectivity index (χ4v) is 4.73. The number of halogens is 1. The number of thiazole rings is 1. The van der Waals surface area contributed by atoms with E-state index in [0.29, 0.717) is 22.3 Å². The van der Waals surface area contributed by atoms with Gasteiger partial charge in [0, 0.05) is 23.2 Å². The third kappa shape index (κ3) is 6.48.